The molecule has 0 spiro atoms. The summed E-state index contributed by atoms with van der Waals surface area (Å²) >= 11 is 0. The topological polar surface area (TPSA) is 111 Å². The van der Waals surface area contributed by atoms with Gasteiger partial charge in [0.15, 0.2) is 0 Å². The zero-order valence-electron chi connectivity index (χ0n) is 14.9. The number of halogens is 3. The number of carbonyl (C=O) groups is 2. The molecule has 28 heavy (non-hydrogen) atoms. The lowest BCUT2D eigenvalue weighted by Gasteiger charge is -2.23. The molecule has 7 nitrogen and oxygen atoms in total. The number of aromatic nitrogens is 1. The van der Waals surface area contributed by atoms with Gasteiger partial charge in [-0.15, -0.1) is 0 Å². The van der Waals surface area contributed by atoms with Gasteiger partial charge in [0.1, 0.15) is 5.82 Å². The smallest absolute Gasteiger partial charge is 0.481 e. The molecule has 2 heterocycles. The van der Waals surface area contributed by atoms with Gasteiger partial charge in [0.2, 0.25) is 0 Å². The minimum Gasteiger partial charge on any atom is -0.481 e. The third-order valence-corrected chi connectivity index (χ3v) is 4.48. The van der Waals surface area contributed by atoms with E-state index in [9.17, 15) is 28.2 Å². The van der Waals surface area contributed by atoms with Crippen LogP contribution in [0.5, 0.6) is 0 Å². The van der Waals surface area contributed by atoms with E-state index in [0.717, 1.165) is 16.5 Å². The second-order valence-corrected chi connectivity index (χ2v) is 6.66. The van der Waals surface area contributed by atoms with Crippen molar-refractivity contribution >= 4 is 28.7 Å². The van der Waals surface area contributed by atoms with Crippen LogP contribution >= 0.6 is 0 Å². The normalized spacial score (nSPS) is 19.2. The summed E-state index contributed by atoms with van der Waals surface area (Å²) in [6.07, 6.45) is -4.50. The van der Waals surface area contributed by atoms with E-state index < -0.39 is 23.5 Å². The fraction of sp³-hybridized carbons (Fsp3) is 0.389. The molecule has 0 saturated carbocycles. The summed E-state index contributed by atoms with van der Waals surface area (Å²) in [7, 11) is 0. The first-order chi connectivity index (χ1) is 13.0. The van der Waals surface area contributed by atoms with E-state index in [-0.39, 0.29) is 6.61 Å². The van der Waals surface area contributed by atoms with Crippen molar-refractivity contribution in [2.75, 3.05) is 18.0 Å². The van der Waals surface area contributed by atoms with Crippen molar-refractivity contribution in [3.8, 4) is 0 Å². The second-order valence-electron chi connectivity index (χ2n) is 6.66. The third-order valence-electron chi connectivity index (χ3n) is 4.48. The number of fused-ring (bicyclic) bond motifs is 1. The number of carboxylic acids is 2. The van der Waals surface area contributed by atoms with Crippen LogP contribution in [0.4, 0.5) is 19.0 Å². The molecule has 3 N–H and O–H groups in total. The Labute approximate surface area is 158 Å². The summed E-state index contributed by atoms with van der Waals surface area (Å²) in [6, 6.07) is 9.66. The summed E-state index contributed by atoms with van der Waals surface area (Å²) in [5, 5.41) is 27.0. The minimum atomic E-state index is -5.08. The highest BCUT2D eigenvalue weighted by Crippen LogP contribution is 2.35. The molecule has 1 saturated heterocycles. The number of aliphatic carboxylic acids is 2. The van der Waals surface area contributed by atoms with Crippen molar-refractivity contribution in [2.45, 2.75) is 26.1 Å². The number of alkyl halides is 3. The summed E-state index contributed by atoms with van der Waals surface area (Å²) in [5.41, 5.74) is 0.844. The van der Waals surface area contributed by atoms with Crippen molar-refractivity contribution in [1.82, 2.24) is 4.98 Å². The van der Waals surface area contributed by atoms with E-state index >= 15 is 0 Å². The van der Waals surface area contributed by atoms with E-state index in [0.29, 0.717) is 25.3 Å². The van der Waals surface area contributed by atoms with E-state index in [1.807, 2.05) is 35.2 Å². The number of hydrogen-bond acceptors (Lipinski definition) is 5. The van der Waals surface area contributed by atoms with Crippen molar-refractivity contribution in [1.29, 1.82) is 0 Å². The van der Waals surface area contributed by atoms with Crippen molar-refractivity contribution < 1.29 is 38.1 Å². The lowest BCUT2D eigenvalue weighted by atomic mass is 9.90. The number of carboxylic acid groups (broad SMARTS) is 2. The Morgan fingerprint density at radius 3 is 2.36 bits per heavy atom. The molecular weight excluding hydrogens is 381 g/mol. The molecule has 3 rings (SSSR count). The van der Waals surface area contributed by atoms with Gasteiger partial charge >= 0.3 is 18.1 Å². The van der Waals surface area contributed by atoms with Crippen LogP contribution in [0.1, 0.15) is 18.9 Å². The highest BCUT2D eigenvalue weighted by Gasteiger charge is 2.41. The lowest BCUT2D eigenvalue weighted by molar-refractivity contribution is -0.192. The van der Waals surface area contributed by atoms with Gasteiger partial charge in [0.05, 0.1) is 17.5 Å². The van der Waals surface area contributed by atoms with Gasteiger partial charge < -0.3 is 20.2 Å². The van der Waals surface area contributed by atoms with Gasteiger partial charge in [0, 0.05) is 24.0 Å². The average molecular weight is 400 g/mol. The van der Waals surface area contributed by atoms with Gasteiger partial charge in [-0.3, -0.25) is 4.79 Å². The fourth-order valence-electron chi connectivity index (χ4n) is 2.86. The molecule has 152 valence electrons. The molecule has 0 amide bonds. The standard InChI is InChI=1S/C16H18N2O3.C2HF3O2/c1-16(15(20)21)6-7-18(10-16)14-12(9-19)8-11-4-2-3-5-13(11)17-14;3-2(4,5)1(6)7/h2-5,8,19H,6-7,9-10H2,1H3,(H,20,21);(H,6,7). The van der Waals surface area contributed by atoms with Crippen LogP contribution in [0.15, 0.2) is 30.3 Å². The fourth-order valence-corrected chi connectivity index (χ4v) is 2.86. The molecule has 1 fully saturated rings. The van der Waals surface area contributed by atoms with E-state index in [1.165, 1.54) is 0 Å². The van der Waals surface area contributed by atoms with Crippen LogP contribution < -0.4 is 4.90 Å². The third kappa shape index (κ3) is 4.69. The maximum atomic E-state index is 11.4. The number of anilines is 1. The summed E-state index contributed by atoms with van der Waals surface area (Å²) in [5.74, 6) is -2.84. The number of pyridine rings is 1. The molecule has 2 aromatic rings. The number of hydrogen-bond donors (Lipinski definition) is 3. The van der Waals surface area contributed by atoms with Crippen LogP contribution in [-0.2, 0) is 16.2 Å². The van der Waals surface area contributed by atoms with Gasteiger partial charge in [-0.2, -0.15) is 13.2 Å². The van der Waals surface area contributed by atoms with Crippen molar-refractivity contribution in [2.24, 2.45) is 5.41 Å². The minimum absolute atomic E-state index is 0.104. The first-order valence-corrected chi connectivity index (χ1v) is 8.26. The monoisotopic (exact) mass is 400 g/mol. The molecule has 1 aliphatic rings. The zero-order valence-corrected chi connectivity index (χ0v) is 14.9. The van der Waals surface area contributed by atoms with Crippen molar-refractivity contribution in [3.63, 3.8) is 0 Å². The highest BCUT2D eigenvalue weighted by atomic mass is 19.4. The van der Waals surface area contributed by atoms with Crippen LogP contribution in [0.3, 0.4) is 0 Å². The average Bonchev–Trinajstić information content (AvgIpc) is 3.04. The number of aliphatic hydroxyl groups excluding tert-OH is 1. The molecular formula is C18H19F3N2O5. The maximum Gasteiger partial charge on any atom is 0.490 e. The molecule has 10 heteroatoms. The lowest BCUT2D eigenvalue weighted by Crippen LogP contribution is -2.32. The SMILES string of the molecule is CC1(C(=O)O)CCN(c2nc3ccccc3cc2CO)C1.O=C(O)C(F)(F)F. The first-order valence-electron chi connectivity index (χ1n) is 8.26. The largest absolute Gasteiger partial charge is 0.490 e. The van der Waals surface area contributed by atoms with E-state index in [1.54, 1.807) is 6.92 Å². The van der Waals surface area contributed by atoms with Gasteiger partial charge in [-0.25, -0.2) is 9.78 Å². The predicted molar refractivity (Wildman–Crippen MR) is 93.9 cm³/mol. The van der Waals surface area contributed by atoms with Gasteiger partial charge in [0.25, 0.3) is 0 Å². The van der Waals surface area contributed by atoms with Crippen LogP contribution in [0.25, 0.3) is 10.9 Å². The highest BCUT2D eigenvalue weighted by molar-refractivity contribution is 5.82. The number of rotatable bonds is 3. The maximum absolute atomic E-state index is 11.4. The number of nitrogens with zero attached hydrogens (tertiary/aromatic N) is 2. The molecule has 0 aliphatic carbocycles. The quantitative estimate of drug-likeness (QED) is 0.726. The molecule has 1 aromatic heterocycles. The predicted octanol–water partition coefficient (Wildman–Crippen LogP) is 2.66. The molecule has 1 aromatic carbocycles. The summed E-state index contributed by atoms with van der Waals surface area (Å²) in [4.78, 5) is 26.9. The van der Waals surface area contributed by atoms with Crippen LogP contribution in [-0.4, -0.2) is 51.5 Å². The van der Waals surface area contributed by atoms with E-state index in [4.69, 9.17) is 9.90 Å². The molecule has 1 unspecified atom stereocenters. The Bertz CT molecular complexity index is 887. The Morgan fingerprint density at radius 2 is 1.86 bits per heavy atom. The van der Waals surface area contributed by atoms with Crippen molar-refractivity contribution in [3.05, 3.63) is 35.9 Å². The Morgan fingerprint density at radius 1 is 1.25 bits per heavy atom. The number of para-hydroxylation sites is 1. The van der Waals surface area contributed by atoms with Crippen LogP contribution in [0, 0.1) is 5.41 Å². The van der Waals surface area contributed by atoms with Gasteiger partial charge in [-0.1, -0.05) is 18.2 Å². The molecule has 1 atom stereocenters. The van der Waals surface area contributed by atoms with E-state index in [2.05, 4.69) is 4.98 Å². The number of aliphatic hydroxyl groups is 1. The Balaban J connectivity index is 0.000000345. The Hall–Kier alpha value is -2.88. The molecule has 0 radical (unpaired) electrons. The Kier molecular flexibility index (Phi) is 6.13. The van der Waals surface area contributed by atoms with Gasteiger partial charge in [-0.05, 0) is 25.5 Å². The molecule has 1 aliphatic heterocycles. The zero-order chi connectivity index (χ0) is 21.1. The first kappa shape index (κ1) is 21.4. The summed E-state index contributed by atoms with van der Waals surface area (Å²) < 4.78 is 31.7. The second kappa shape index (κ2) is 8.01. The summed E-state index contributed by atoms with van der Waals surface area (Å²) in [6.45, 7) is 2.71. The molecule has 0 bridgehead atoms. The van der Waals surface area contributed by atoms with Crippen LogP contribution in [0.2, 0.25) is 0 Å². The number of benzene rings is 1.